The highest BCUT2D eigenvalue weighted by molar-refractivity contribution is 6.11. The van der Waals surface area contributed by atoms with Crippen LogP contribution in [0.4, 0.5) is 18.9 Å². The highest BCUT2D eigenvalue weighted by Crippen LogP contribution is 2.32. The van der Waals surface area contributed by atoms with Crippen LogP contribution in [0.25, 0.3) is 10.8 Å². The number of halogens is 3. The van der Waals surface area contributed by atoms with Crippen LogP contribution >= 0.6 is 0 Å². The molecule has 1 aliphatic rings. The van der Waals surface area contributed by atoms with Crippen molar-refractivity contribution in [3.63, 3.8) is 0 Å². The number of anilines is 1. The molecule has 6 nitrogen and oxygen atoms in total. The van der Waals surface area contributed by atoms with E-state index < -0.39 is 17.6 Å². The number of hydrazone groups is 1. The van der Waals surface area contributed by atoms with Crippen LogP contribution in [0.5, 0.6) is 0 Å². The third-order valence-corrected chi connectivity index (χ3v) is 6.31. The van der Waals surface area contributed by atoms with Gasteiger partial charge in [0, 0.05) is 28.8 Å². The lowest BCUT2D eigenvalue weighted by Crippen LogP contribution is -2.22. The first kappa shape index (κ1) is 24.3. The Balaban J connectivity index is 1.39. The molecule has 2 N–H and O–H groups in total. The van der Waals surface area contributed by atoms with Crippen LogP contribution in [-0.4, -0.2) is 17.5 Å². The molecular formula is C28H22F3N3O3. The topological polar surface area (TPSA) is 83.7 Å². The summed E-state index contributed by atoms with van der Waals surface area (Å²) in [6, 6.07) is 17.4. The predicted octanol–water partition coefficient (Wildman–Crippen LogP) is 6.48. The first-order valence-electron chi connectivity index (χ1n) is 11.7. The van der Waals surface area contributed by atoms with Gasteiger partial charge in [-0.3, -0.25) is 9.59 Å². The third kappa shape index (κ3) is 4.84. The maximum atomic E-state index is 13.0. The molecule has 0 aliphatic heterocycles. The number of alkyl halides is 3. The van der Waals surface area contributed by atoms with E-state index in [-0.39, 0.29) is 17.4 Å². The average Bonchev–Trinajstić information content (AvgIpc) is 3.23. The van der Waals surface area contributed by atoms with E-state index in [0.29, 0.717) is 47.4 Å². The Bertz CT molecular complexity index is 1550. The lowest BCUT2D eigenvalue weighted by Gasteiger charge is -2.13. The second-order valence-corrected chi connectivity index (χ2v) is 8.77. The van der Waals surface area contributed by atoms with Crippen molar-refractivity contribution in [3.8, 4) is 0 Å². The van der Waals surface area contributed by atoms with E-state index in [1.807, 2.05) is 30.3 Å². The summed E-state index contributed by atoms with van der Waals surface area (Å²) in [5.74, 6) is -0.473. The van der Waals surface area contributed by atoms with Crippen LogP contribution in [0.3, 0.4) is 0 Å². The second-order valence-electron chi connectivity index (χ2n) is 8.77. The van der Waals surface area contributed by atoms with Crippen LogP contribution in [0.1, 0.15) is 56.2 Å². The van der Waals surface area contributed by atoms with Crippen molar-refractivity contribution in [2.75, 3.05) is 5.32 Å². The van der Waals surface area contributed by atoms with Gasteiger partial charge in [-0.15, -0.1) is 0 Å². The number of fused-ring (bicyclic) bond motifs is 2. The van der Waals surface area contributed by atoms with Gasteiger partial charge < -0.3 is 9.73 Å². The summed E-state index contributed by atoms with van der Waals surface area (Å²) >= 11 is 0. The molecule has 0 spiro atoms. The van der Waals surface area contributed by atoms with Gasteiger partial charge in [-0.25, -0.2) is 5.43 Å². The Labute approximate surface area is 210 Å². The normalized spacial score (nSPS) is 14.4. The third-order valence-electron chi connectivity index (χ3n) is 6.31. The van der Waals surface area contributed by atoms with E-state index in [2.05, 4.69) is 15.8 Å². The zero-order chi connectivity index (χ0) is 26.2. The quantitative estimate of drug-likeness (QED) is 0.311. The van der Waals surface area contributed by atoms with Crippen LogP contribution in [0.15, 0.2) is 76.2 Å². The van der Waals surface area contributed by atoms with Crippen molar-refractivity contribution in [2.45, 2.75) is 32.4 Å². The van der Waals surface area contributed by atoms with Gasteiger partial charge in [0.1, 0.15) is 5.76 Å². The molecule has 0 fully saturated rings. The minimum Gasteiger partial charge on any atom is -0.455 e. The number of benzene rings is 3. The van der Waals surface area contributed by atoms with Gasteiger partial charge in [0.25, 0.3) is 11.8 Å². The zero-order valence-corrected chi connectivity index (χ0v) is 19.8. The number of nitrogens with one attached hydrogen (secondary N) is 2. The van der Waals surface area contributed by atoms with Gasteiger partial charge in [0.2, 0.25) is 0 Å². The van der Waals surface area contributed by atoms with Crippen LogP contribution in [0, 0.1) is 6.92 Å². The fraction of sp³-hybridized carbons (Fsp3) is 0.179. The van der Waals surface area contributed by atoms with E-state index in [1.165, 1.54) is 12.1 Å². The number of rotatable bonds is 4. The lowest BCUT2D eigenvalue weighted by atomic mass is 9.93. The molecule has 2 amide bonds. The monoisotopic (exact) mass is 505 g/mol. The molecule has 0 unspecified atom stereocenters. The van der Waals surface area contributed by atoms with Crippen molar-refractivity contribution in [1.82, 2.24) is 5.43 Å². The molecule has 3 aromatic carbocycles. The first-order valence-corrected chi connectivity index (χ1v) is 11.7. The largest absolute Gasteiger partial charge is 0.455 e. The predicted molar refractivity (Wildman–Crippen MR) is 134 cm³/mol. The second kappa shape index (κ2) is 9.57. The van der Waals surface area contributed by atoms with Crippen LogP contribution < -0.4 is 10.7 Å². The number of carbonyl (C=O) groups is 2. The molecule has 0 saturated carbocycles. The molecule has 37 heavy (non-hydrogen) atoms. The highest BCUT2D eigenvalue weighted by Gasteiger charge is 2.31. The number of amides is 2. The number of carbonyl (C=O) groups excluding carboxylic acids is 2. The Morgan fingerprint density at radius 1 is 0.946 bits per heavy atom. The fourth-order valence-corrected chi connectivity index (χ4v) is 4.56. The van der Waals surface area contributed by atoms with Crippen LogP contribution in [-0.2, 0) is 12.6 Å². The maximum Gasteiger partial charge on any atom is 0.416 e. The van der Waals surface area contributed by atoms with Gasteiger partial charge >= 0.3 is 6.18 Å². The molecule has 0 radical (unpaired) electrons. The van der Waals surface area contributed by atoms with Gasteiger partial charge in [0.15, 0.2) is 5.76 Å². The summed E-state index contributed by atoms with van der Waals surface area (Å²) in [5, 5.41) is 8.59. The van der Waals surface area contributed by atoms with Gasteiger partial charge in [-0.1, -0.05) is 42.5 Å². The van der Waals surface area contributed by atoms with E-state index in [9.17, 15) is 22.8 Å². The summed E-state index contributed by atoms with van der Waals surface area (Å²) in [4.78, 5) is 25.8. The van der Waals surface area contributed by atoms with E-state index >= 15 is 0 Å². The Morgan fingerprint density at radius 2 is 1.70 bits per heavy atom. The number of nitrogens with zero attached hydrogens (tertiary/aromatic N) is 1. The molecular weight excluding hydrogens is 483 g/mol. The van der Waals surface area contributed by atoms with Gasteiger partial charge in [0.05, 0.1) is 11.3 Å². The van der Waals surface area contributed by atoms with Gasteiger partial charge in [-0.2, -0.15) is 18.3 Å². The molecule has 0 bridgehead atoms. The SMILES string of the molecule is Cc1c(C(=O)Nc2cccc(C(F)(F)F)c2)oc2c1/C(=N/NC(=O)c1cccc3ccccc13)CCC2. The molecule has 9 heteroatoms. The van der Waals surface area contributed by atoms with E-state index in [0.717, 1.165) is 22.9 Å². The van der Waals surface area contributed by atoms with Crippen molar-refractivity contribution < 1.29 is 27.2 Å². The molecule has 0 atom stereocenters. The highest BCUT2D eigenvalue weighted by atomic mass is 19.4. The van der Waals surface area contributed by atoms with Crippen molar-refractivity contribution >= 4 is 34.0 Å². The zero-order valence-electron chi connectivity index (χ0n) is 19.8. The van der Waals surface area contributed by atoms with Gasteiger partial charge in [-0.05, 0) is 54.8 Å². The Morgan fingerprint density at radius 3 is 2.51 bits per heavy atom. The summed E-state index contributed by atoms with van der Waals surface area (Å²) in [6.45, 7) is 1.69. The molecule has 4 aromatic rings. The summed E-state index contributed by atoms with van der Waals surface area (Å²) in [7, 11) is 0. The molecule has 1 heterocycles. The average molecular weight is 505 g/mol. The van der Waals surface area contributed by atoms with Crippen molar-refractivity contribution in [1.29, 1.82) is 0 Å². The minimum absolute atomic E-state index is 0.00242. The minimum atomic E-state index is -4.53. The lowest BCUT2D eigenvalue weighted by molar-refractivity contribution is -0.137. The van der Waals surface area contributed by atoms with E-state index in [4.69, 9.17) is 4.42 Å². The number of hydrogen-bond acceptors (Lipinski definition) is 4. The maximum absolute atomic E-state index is 13.0. The molecule has 188 valence electrons. The summed E-state index contributed by atoms with van der Waals surface area (Å²) < 4.78 is 44.9. The number of hydrogen-bond donors (Lipinski definition) is 2. The molecule has 1 aliphatic carbocycles. The van der Waals surface area contributed by atoms with Crippen molar-refractivity contribution in [2.24, 2.45) is 5.10 Å². The Kier molecular flexibility index (Phi) is 6.29. The fourth-order valence-electron chi connectivity index (χ4n) is 4.56. The smallest absolute Gasteiger partial charge is 0.416 e. The first-order chi connectivity index (χ1) is 17.7. The molecule has 1 aromatic heterocycles. The standard InChI is InChI=1S/C28H22F3N3O3/c1-16-24-22(33-34-26(35)21-12-4-8-17-7-2-3-11-20(17)21)13-6-14-23(24)37-25(16)27(36)32-19-10-5-9-18(15-19)28(29,30)31/h2-5,7-12,15H,6,13-14H2,1H3,(H,32,36)(H,34,35)/b33-22+. The number of furan rings is 1. The Hall–Kier alpha value is -4.40. The van der Waals surface area contributed by atoms with Crippen LogP contribution in [0.2, 0.25) is 0 Å². The summed E-state index contributed by atoms with van der Waals surface area (Å²) in [5.41, 5.74) is 3.99. The summed E-state index contributed by atoms with van der Waals surface area (Å²) in [6.07, 6.45) is -2.68. The van der Waals surface area contributed by atoms with Crippen molar-refractivity contribution in [3.05, 3.63) is 101 Å². The van der Waals surface area contributed by atoms with E-state index in [1.54, 1.807) is 19.1 Å². The number of aryl methyl sites for hydroxylation is 1. The molecule has 5 rings (SSSR count). The molecule has 0 saturated heterocycles.